The monoisotopic (exact) mass is 385 g/mol. The lowest BCUT2D eigenvalue weighted by atomic mass is 10.2. The summed E-state index contributed by atoms with van der Waals surface area (Å²) in [5.41, 5.74) is 7.12. The van der Waals surface area contributed by atoms with Crippen molar-refractivity contribution in [3.63, 3.8) is 0 Å². The van der Waals surface area contributed by atoms with Gasteiger partial charge in [0.2, 0.25) is 0 Å². The van der Waals surface area contributed by atoms with Crippen LogP contribution in [0.3, 0.4) is 0 Å². The van der Waals surface area contributed by atoms with Gasteiger partial charge in [-0.3, -0.25) is 0 Å². The number of rotatable bonds is 3. The molecule has 2 aromatic rings. The first kappa shape index (κ1) is 14.2. The molecule has 0 spiro atoms. The van der Waals surface area contributed by atoms with E-state index >= 15 is 0 Å². The van der Waals surface area contributed by atoms with Crippen LogP contribution in [0, 0.1) is 3.57 Å². The summed E-state index contributed by atoms with van der Waals surface area (Å²) in [5.74, 6) is -0.321. The second-order valence-electron chi connectivity index (χ2n) is 3.80. The first-order valence-corrected chi connectivity index (χ1v) is 7.41. The van der Waals surface area contributed by atoms with E-state index in [1.165, 1.54) is 7.11 Å². The molecule has 0 saturated heterocycles. The Labute approximate surface area is 129 Å². The lowest BCUT2D eigenvalue weighted by Crippen LogP contribution is -2.00. The van der Waals surface area contributed by atoms with Crippen molar-refractivity contribution in [2.75, 3.05) is 12.8 Å². The van der Waals surface area contributed by atoms with E-state index in [1.807, 2.05) is 30.3 Å². The molecule has 2 N–H and O–H groups in total. The van der Waals surface area contributed by atoms with E-state index in [2.05, 4.69) is 27.3 Å². The number of benzene rings is 2. The predicted octanol–water partition coefficient (Wildman–Crippen LogP) is 3.81. The molecule has 98 valence electrons. The van der Waals surface area contributed by atoms with E-state index in [0.29, 0.717) is 5.56 Å². The fraction of sp³-hybridized carbons (Fsp3) is 0.0714. The van der Waals surface area contributed by atoms with Gasteiger partial charge in [-0.1, -0.05) is 11.8 Å². The van der Waals surface area contributed by atoms with Crippen LogP contribution in [0.25, 0.3) is 0 Å². The van der Waals surface area contributed by atoms with E-state index in [9.17, 15) is 4.79 Å². The van der Waals surface area contributed by atoms with Gasteiger partial charge in [-0.15, -0.1) is 0 Å². The molecule has 0 fully saturated rings. The van der Waals surface area contributed by atoms with Gasteiger partial charge in [-0.25, -0.2) is 4.79 Å². The second-order valence-corrected chi connectivity index (χ2v) is 6.11. The van der Waals surface area contributed by atoms with E-state index in [0.717, 1.165) is 19.0 Å². The minimum absolute atomic E-state index is 0.321. The molecule has 0 unspecified atom stereocenters. The zero-order valence-corrected chi connectivity index (χ0v) is 13.2. The molecule has 0 aliphatic rings. The molecule has 0 bridgehead atoms. The Kier molecular flexibility index (Phi) is 4.71. The summed E-state index contributed by atoms with van der Waals surface area (Å²) in [5, 5.41) is 0. The Hall–Kier alpha value is -1.21. The Balaban J connectivity index is 2.15. The number of halogens is 1. The first-order chi connectivity index (χ1) is 9.10. The number of carbonyl (C=O) groups is 1. The van der Waals surface area contributed by atoms with Gasteiger partial charge in [-0.05, 0) is 65.1 Å². The molecule has 2 rings (SSSR count). The molecule has 0 radical (unpaired) electrons. The Morgan fingerprint density at radius 1 is 1.16 bits per heavy atom. The van der Waals surface area contributed by atoms with Crippen LogP contribution in [-0.2, 0) is 4.74 Å². The van der Waals surface area contributed by atoms with Crippen LogP contribution in [0.4, 0.5) is 5.69 Å². The molecule has 0 atom stereocenters. The Morgan fingerprint density at radius 3 is 2.37 bits per heavy atom. The molecule has 0 saturated carbocycles. The summed E-state index contributed by atoms with van der Waals surface area (Å²) in [6.45, 7) is 0. The summed E-state index contributed by atoms with van der Waals surface area (Å²) in [4.78, 5) is 13.5. The van der Waals surface area contributed by atoms with E-state index < -0.39 is 0 Å². The molecular weight excluding hydrogens is 373 g/mol. The topological polar surface area (TPSA) is 52.3 Å². The summed E-state index contributed by atoms with van der Waals surface area (Å²) in [6.07, 6.45) is 0. The van der Waals surface area contributed by atoms with Gasteiger partial charge < -0.3 is 10.5 Å². The average Bonchev–Trinajstić information content (AvgIpc) is 2.43. The first-order valence-electron chi connectivity index (χ1n) is 5.51. The maximum Gasteiger partial charge on any atom is 0.337 e. The Bertz CT molecular complexity index is 599. The zero-order chi connectivity index (χ0) is 13.8. The van der Waals surface area contributed by atoms with E-state index in [4.69, 9.17) is 5.73 Å². The molecule has 5 heteroatoms. The standard InChI is InChI=1S/C14H12INO2S/c1-18-14(17)9-2-4-10(5-3-9)19-11-6-7-13(16)12(15)8-11/h2-8H,16H2,1H3. The third kappa shape index (κ3) is 3.63. The smallest absolute Gasteiger partial charge is 0.337 e. The lowest BCUT2D eigenvalue weighted by Gasteiger charge is -2.05. The largest absolute Gasteiger partial charge is 0.465 e. The number of esters is 1. The molecule has 0 amide bonds. The lowest BCUT2D eigenvalue weighted by molar-refractivity contribution is 0.0600. The number of carbonyl (C=O) groups excluding carboxylic acids is 1. The summed E-state index contributed by atoms with van der Waals surface area (Å²) in [6, 6.07) is 13.2. The van der Waals surface area contributed by atoms with Crippen molar-refractivity contribution in [3.05, 3.63) is 51.6 Å². The van der Waals surface area contributed by atoms with Crippen LogP contribution in [0.2, 0.25) is 0 Å². The summed E-state index contributed by atoms with van der Waals surface area (Å²) < 4.78 is 5.70. The zero-order valence-electron chi connectivity index (χ0n) is 10.2. The normalized spacial score (nSPS) is 10.2. The number of ether oxygens (including phenoxy) is 1. The van der Waals surface area contributed by atoms with Crippen LogP contribution < -0.4 is 5.73 Å². The van der Waals surface area contributed by atoms with Crippen molar-refractivity contribution in [3.8, 4) is 0 Å². The number of nitrogens with two attached hydrogens (primary N) is 1. The van der Waals surface area contributed by atoms with Gasteiger partial charge in [-0.2, -0.15) is 0 Å². The van der Waals surface area contributed by atoms with Crippen molar-refractivity contribution in [2.45, 2.75) is 9.79 Å². The van der Waals surface area contributed by atoms with Crippen molar-refractivity contribution in [1.82, 2.24) is 0 Å². The fourth-order valence-corrected chi connectivity index (χ4v) is 3.07. The number of anilines is 1. The third-order valence-corrected chi connectivity index (χ3v) is 4.41. The van der Waals surface area contributed by atoms with Crippen molar-refractivity contribution in [2.24, 2.45) is 0 Å². The highest BCUT2D eigenvalue weighted by Gasteiger charge is 2.05. The molecule has 2 aromatic carbocycles. The quantitative estimate of drug-likeness (QED) is 0.496. The molecule has 19 heavy (non-hydrogen) atoms. The second kappa shape index (κ2) is 6.29. The maximum atomic E-state index is 11.3. The summed E-state index contributed by atoms with van der Waals surface area (Å²) >= 11 is 3.84. The minimum Gasteiger partial charge on any atom is -0.465 e. The van der Waals surface area contributed by atoms with E-state index in [-0.39, 0.29) is 5.97 Å². The van der Waals surface area contributed by atoms with E-state index in [1.54, 1.807) is 23.9 Å². The number of nitrogen functional groups attached to an aromatic ring is 1. The fourth-order valence-electron chi connectivity index (χ4n) is 1.48. The highest BCUT2D eigenvalue weighted by molar-refractivity contribution is 14.1. The molecule has 3 nitrogen and oxygen atoms in total. The third-order valence-electron chi connectivity index (χ3n) is 2.48. The van der Waals surface area contributed by atoms with Gasteiger partial charge in [0, 0.05) is 19.0 Å². The van der Waals surface area contributed by atoms with Crippen molar-refractivity contribution < 1.29 is 9.53 Å². The number of methoxy groups -OCH3 is 1. The van der Waals surface area contributed by atoms with Crippen LogP contribution in [0.1, 0.15) is 10.4 Å². The van der Waals surface area contributed by atoms with Gasteiger partial charge in [0.15, 0.2) is 0 Å². The van der Waals surface area contributed by atoms with Crippen molar-refractivity contribution >= 4 is 46.0 Å². The maximum absolute atomic E-state index is 11.3. The molecule has 0 heterocycles. The SMILES string of the molecule is COC(=O)c1ccc(Sc2ccc(N)c(I)c2)cc1. The van der Waals surface area contributed by atoms with Gasteiger partial charge in [0.25, 0.3) is 0 Å². The van der Waals surface area contributed by atoms with Crippen LogP contribution in [-0.4, -0.2) is 13.1 Å². The molecule has 0 aliphatic carbocycles. The van der Waals surface area contributed by atoms with Gasteiger partial charge in [0.1, 0.15) is 0 Å². The van der Waals surface area contributed by atoms with Crippen molar-refractivity contribution in [1.29, 1.82) is 0 Å². The highest BCUT2D eigenvalue weighted by Crippen LogP contribution is 2.30. The molecule has 0 aliphatic heterocycles. The van der Waals surface area contributed by atoms with Crippen LogP contribution in [0.5, 0.6) is 0 Å². The van der Waals surface area contributed by atoms with Gasteiger partial charge >= 0.3 is 5.97 Å². The average molecular weight is 385 g/mol. The summed E-state index contributed by atoms with van der Waals surface area (Å²) in [7, 11) is 1.38. The number of hydrogen-bond donors (Lipinski definition) is 1. The number of hydrogen-bond acceptors (Lipinski definition) is 4. The molecular formula is C14H12INO2S. The van der Waals surface area contributed by atoms with Gasteiger partial charge in [0.05, 0.1) is 12.7 Å². The molecule has 0 aromatic heterocycles. The Morgan fingerprint density at radius 2 is 1.79 bits per heavy atom. The highest BCUT2D eigenvalue weighted by atomic mass is 127. The predicted molar refractivity (Wildman–Crippen MR) is 85.5 cm³/mol. The van der Waals surface area contributed by atoms with Crippen LogP contribution >= 0.6 is 34.4 Å². The minimum atomic E-state index is -0.321. The van der Waals surface area contributed by atoms with Crippen LogP contribution in [0.15, 0.2) is 52.3 Å².